The second-order valence-electron chi connectivity index (χ2n) is 6.97. The predicted octanol–water partition coefficient (Wildman–Crippen LogP) is 3.22. The molecule has 0 aromatic heterocycles. The molecule has 1 amide bonds. The Hall–Kier alpha value is -1.06. The van der Waals surface area contributed by atoms with Crippen molar-refractivity contribution in [1.29, 1.82) is 0 Å². The highest BCUT2D eigenvalue weighted by atomic mass is 35.5. The van der Waals surface area contributed by atoms with Gasteiger partial charge in [0, 0.05) is 18.2 Å². The summed E-state index contributed by atoms with van der Waals surface area (Å²) in [6.45, 7) is 10.1. The SMILES string of the molecule is CC1CC(CN)CN1C(=O)c1ccc(C(C)(C)C)cc1.Cl. The fourth-order valence-corrected chi connectivity index (χ4v) is 2.87. The third kappa shape index (κ3) is 3.98. The maximum Gasteiger partial charge on any atom is 0.254 e. The number of halogens is 1. The van der Waals surface area contributed by atoms with Crippen LogP contribution in [0.2, 0.25) is 0 Å². The predicted molar refractivity (Wildman–Crippen MR) is 90.0 cm³/mol. The fourth-order valence-electron chi connectivity index (χ4n) is 2.87. The third-order valence-electron chi connectivity index (χ3n) is 4.25. The number of benzene rings is 1. The summed E-state index contributed by atoms with van der Waals surface area (Å²) in [5.74, 6) is 0.580. The number of rotatable bonds is 2. The van der Waals surface area contributed by atoms with Crippen molar-refractivity contribution in [3.05, 3.63) is 35.4 Å². The van der Waals surface area contributed by atoms with Crippen molar-refractivity contribution in [3.63, 3.8) is 0 Å². The Morgan fingerprint density at radius 3 is 2.29 bits per heavy atom. The molecule has 2 rings (SSSR count). The molecule has 0 saturated carbocycles. The molecule has 1 saturated heterocycles. The third-order valence-corrected chi connectivity index (χ3v) is 4.25. The summed E-state index contributed by atoms with van der Waals surface area (Å²) < 4.78 is 0. The van der Waals surface area contributed by atoms with Crippen LogP contribution in [0, 0.1) is 5.92 Å². The second kappa shape index (κ2) is 6.80. The van der Waals surface area contributed by atoms with Crippen molar-refractivity contribution in [2.45, 2.75) is 45.6 Å². The summed E-state index contributed by atoms with van der Waals surface area (Å²) >= 11 is 0. The summed E-state index contributed by atoms with van der Waals surface area (Å²) in [7, 11) is 0. The average molecular weight is 311 g/mol. The first-order chi connectivity index (χ1) is 9.32. The van der Waals surface area contributed by atoms with Gasteiger partial charge in [0.25, 0.3) is 5.91 Å². The van der Waals surface area contributed by atoms with E-state index in [2.05, 4.69) is 39.8 Å². The van der Waals surface area contributed by atoms with Gasteiger partial charge in [-0.3, -0.25) is 4.79 Å². The van der Waals surface area contributed by atoms with E-state index in [0.717, 1.165) is 18.5 Å². The van der Waals surface area contributed by atoms with Gasteiger partial charge in [-0.1, -0.05) is 32.9 Å². The van der Waals surface area contributed by atoms with Gasteiger partial charge in [-0.25, -0.2) is 0 Å². The van der Waals surface area contributed by atoms with E-state index in [9.17, 15) is 4.79 Å². The second-order valence-corrected chi connectivity index (χ2v) is 6.97. The molecule has 3 nitrogen and oxygen atoms in total. The van der Waals surface area contributed by atoms with Gasteiger partial charge in [-0.2, -0.15) is 0 Å². The molecule has 2 N–H and O–H groups in total. The lowest BCUT2D eigenvalue weighted by Crippen LogP contribution is -2.34. The Labute approximate surface area is 134 Å². The zero-order valence-electron chi connectivity index (χ0n) is 13.4. The molecular weight excluding hydrogens is 284 g/mol. The molecule has 0 aliphatic carbocycles. The summed E-state index contributed by atoms with van der Waals surface area (Å²) in [5, 5.41) is 0. The van der Waals surface area contributed by atoms with Crippen molar-refractivity contribution < 1.29 is 4.79 Å². The number of nitrogens with two attached hydrogens (primary N) is 1. The van der Waals surface area contributed by atoms with E-state index in [4.69, 9.17) is 5.73 Å². The Bertz CT molecular complexity index is 479. The zero-order valence-corrected chi connectivity index (χ0v) is 14.2. The molecule has 2 atom stereocenters. The van der Waals surface area contributed by atoms with Gasteiger partial charge < -0.3 is 10.6 Å². The molecule has 1 fully saturated rings. The molecule has 0 radical (unpaired) electrons. The summed E-state index contributed by atoms with van der Waals surface area (Å²) in [4.78, 5) is 14.5. The monoisotopic (exact) mass is 310 g/mol. The highest BCUT2D eigenvalue weighted by Crippen LogP contribution is 2.26. The number of hydrogen-bond donors (Lipinski definition) is 1. The highest BCUT2D eigenvalue weighted by molar-refractivity contribution is 5.94. The van der Waals surface area contributed by atoms with Crippen LogP contribution in [0.1, 0.15) is 50.0 Å². The smallest absolute Gasteiger partial charge is 0.254 e. The fraction of sp³-hybridized carbons (Fsp3) is 0.588. The summed E-state index contributed by atoms with van der Waals surface area (Å²) in [5.41, 5.74) is 7.88. The molecule has 4 heteroatoms. The van der Waals surface area contributed by atoms with Crippen LogP contribution < -0.4 is 5.73 Å². The number of amides is 1. The topological polar surface area (TPSA) is 46.3 Å². The molecule has 1 heterocycles. The minimum Gasteiger partial charge on any atom is -0.336 e. The Kier molecular flexibility index (Phi) is 5.83. The molecule has 0 spiro atoms. The lowest BCUT2D eigenvalue weighted by Gasteiger charge is -2.23. The first-order valence-corrected chi connectivity index (χ1v) is 7.44. The molecule has 1 aromatic rings. The Morgan fingerprint density at radius 2 is 1.86 bits per heavy atom. The molecular formula is C17H27ClN2O. The van der Waals surface area contributed by atoms with Crippen LogP contribution in [0.15, 0.2) is 24.3 Å². The van der Waals surface area contributed by atoms with Crippen molar-refractivity contribution in [3.8, 4) is 0 Å². The van der Waals surface area contributed by atoms with Crippen LogP contribution in [0.3, 0.4) is 0 Å². The normalized spacial score (nSPS) is 22.0. The van der Waals surface area contributed by atoms with Gasteiger partial charge in [-0.15, -0.1) is 12.4 Å². The van der Waals surface area contributed by atoms with Crippen LogP contribution in [-0.2, 0) is 5.41 Å². The van der Waals surface area contributed by atoms with Crippen molar-refractivity contribution in [1.82, 2.24) is 4.90 Å². The lowest BCUT2D eigenvalue weighted by atomic mass is 9.86. The van der Waals surface area contributed by atoms with Crippen LogP contribution in [0.25, 0.3) is 0 Å². The van der Waals surface area contributed by atoms with E-state index in [-0.39, 0.29) is 23.7 Å². The molecule has 118 valence electrons. The van der Waals surface area contributed by atoms with Crippen molar-refractivity contribution in [2.24, 2.45) is 11.7 Å². The van der Waals surface area contributed by atoms with Crippen molar-refractivity contribution in [2.75, 3.05) is 13.1 Å². The van der Waals surface area contributed by atoms with Gasteiger partial charge in [0.1, 0.15) is 0 Å². The van der Waals surface area contributed by atoms with Gasteiger partial charge in [0.15, 0.2) is 0 Å². The number of hydrogen-bond acceptors (Lipinski definition) is 2. The molecule has 21 heavy (non-hydrogen) atoms. The van der Waals surface area contributed by atoms with Crippen LogP contribution in [0.5, 0.6) is 0 Å². The first kappa shape index (κ1) is 18.0. The lowest BCUT2D eigenvalue weighted by molar-refractivity contribution is 0.0743. The highest BCUT2D eigenvalue weighted by Gasteiger charge is 2.32. The maximum absolute atomic E-state index is 12.6. The van der Waals surface area contributed by atoms with Crippen LogP contribution in [-0.4, -0.2) is 29.9 Å². The summed E-state index contributed by atoms with van der Waals surface area (Å²) in [6, 6.07) is 8.32. The van der Waals surface area contributed by atoms with E-state index >= 15 is 0 Å². The van der Waals surface area contributed by atoms with Crippen LogP contribution in [0.4, 0.5) is 0 Å². The van der Waals surface area contributed by atoms with Crippen LogP contribution >= 0.6 is 12.4 Å². The molecule has 2 unspecified atom stereocenters. The van der Waals surface area contributed by atoms with Gasteiger partial charge >= 0.3 is 0 Å². The molecule has 0 bridgehead atoms. The minimum absolute atomic E-state index is 0. The van der Waals surface area contributed by atoms with E-state index in [1.807, 2.05) is 17.0 Å². The maximum atomic E-state index is 12.6. The molecule has 1 aliphatic rings. The quantitative estimate of drug-likeness (QED) is 0.911. The number of carbonyl (C=O) groups excluding carboxylic acids is 1. The standard InChI is InChI=1S/C17H26N2O.ClH/c1-12-9-13(10-18)11-19(12)16(20)14-5-7-15(8-6-14)17(2,3)4;/h5-8,12-13H,9-11,18H2,1-4H3;1H. The molecule has 1 aromatic carbocycles. The van der Waals surface area contributed by atoms with E-state index < -0.39 is 0 Å². The van der Waals surface area contributed by atoms with E-state index in [0.29, 0.717) is 18.5 Å². The molecule has 1 aliphatic heterocycles. The van der Waals surface area contributed by atoms with Crippen molar-refractivity contribution >= 4 is 18.3 Å². The van der Waals surface area contributed by atoms with Gasteiger partial charge in [0.05, 0.1) is 0 Å². The zero-order chi connectivity index (χ0) is 14.9. The Balaban J connectivity index is 0.00000220. The Morgan fingerprint density at radius 1 is 1.29 bits per heavy atom. The van der Waals surface area contributed by atoms with Gasteiger partial charge in [0.2, 0.25) is 0 Å². The number of carbonyl (C=O) groups is 1. The number of nitrogens with zero attached hydrogens (tertiary/aromatic N) is 1. The first-order valence-electron chi connectivity index (χ1n) is 7.44. The van der Waals surface area contributed by atoms with E-state index in [1.54, 1.807) is 0 Å². The minimum atomic E-state index is 0. The average Bonchev–Trinajstić information content (AvgIpc) is 2.78. The largest absolute Gasteiger partial charge is 0.336 e. The van der Waals surface area contributed by atoms with E-state index in [1.165, 1.54) is 5.56 Å². The van der Waals surface area contributed by atoms with Gasteiger partial charge in [-0.05, 0) is 48.9 Å². The summed E-state index contributed by atoms with van der Waals surface area (Å²) in [6.07, 6.45) is 1.02. The number of likely N-dealkylation sites (tertiary alicyclic amines) is 1.